The van der Waals surface area contributed by atoms with Crippen molar-refractivity contribution in [1.82, 2.24) is 9.88 Å². The van der Waals surface area contributed by atoms with E-state index in [2.05, 4.69) is 11.1 Å². The Bertz CT molecular complexity index is 436. The van der Waals surface area contributed by atoms with E-state index in [0.29, 0.717) is 17.8 Å². The van der Waals surface area contributed by atoms with Gasteiger partial charge in [0.1, 0.15) is 6.07 Å². The first-order valence-electron chi connectivity index (χ1n) is 5.39. The zero-order chi connectivity index (χ0) is 12.8. The molecule has 90 valence electrons. The van der Waals surface area contributed by atoms with E-state index in [9.17, 15) is 4.79 Å². The number of nitriles is 1. The number of carbonyl (C=O) groups is 1. The fourth-order valence-electron chi connectivity index (χ4n) is 1.40. The van der Waals surface area contributed by atoms with E-state index in [1.165, 1.54) is 4.90 Å². The minimum absolute atomic E-state index is 0.000377. The van der Waals surface area contributed by atoms with Gasteiger partial charge in [0.25, 0.3) is 0 Å². The summed E-state index contributed by atoms with van der Waals surface area (Å²) in [6.07, 6.45) is 3.19. The lowest BCUT2D eigenvalue weighted by Gasteiger charge is -2.24. The van der Waals surface area contributed by atoms with Crippen molar-refractivity contribution in [2.75, 3.05) is 32.1 Å². The normalized spacial score (nSPS) is 9.53. The van der Waals surface area contributed by atoms with Gasteiger partial charge in [-0.1, -0.05) is 0 Å². The van der Waals surface area contributed by atoms with Crippen LogP contribution >= 0.6 is 0 Å². The van der Waals surface area contributed by atoms with Crippen LogP contribution in [0.1, 0.15) is 12.5 Å². The van der Waals surface area contributed by atoms with E-state index < -0.39 is 0 Å². The third-order valence-corrected chi connectivity index (χ3v) is 2.47. The molecule has 0 aliphatic rings. The minimum Gasteiger partial charge on any atom is -0.360 e. The van der Waals surface area contributed by atoms with Crippen LogP contribution in [0.3, 0.4) is 0 Å². The Morgan fingerprint density at radius 3 is 2.76 bits per heavy atom. The van der Waals surface area contributed by atoms with Gasteiger partial charge in [-0.15, -0.1) is 0 Å². The third kappa shape index (κ3) is 3.18. The SMILES string of the molecule is CCN(CC(=O)N(C)C)c1cnccc1C#N. The summed E-state index contributed by atoms with van der Waals surface area (Å²) in [6.45, 7) is 2.85. The summed E-state index contributed by atoms with van der Waals surface area (Å²) >= 11 is 0. The molecule has 1 heterocycles. The molecule has 0 bridgehead atoms. The van der Waals surface area contributed by atoms with Gasteiger partial charge in [0, 0.05) is 26.8 Å². The van der Waals surface area contributed by atoms with E-state index >= 15 is 0 Å². The molecule has 0 saturated heterocycles. The number of carbonyl (C=O) groups excluding carboxylic acids is 1. The van der Waals surface area contributed by atoms with Gasteiger partial charge in [-0.25, -0.2) is 0 Å². The molecule has 5 nitrogen and oxygen atoms in total. The zero-order valence-electron chi connectivity index (χ0n) is 10.3. The Labute approximate surface area is 101 Å². The molecule has 0 aliphatic carbocycles. The number of anilines is 1. The topological polar surface area (TPSA) is 60.2 Å². The first-order valence-corrected chi connectivity index (χ1v) is 5.39. The molecule has 0 N–H and O–H groups in total. The Morgan fingerprint density at radius 2 is 2.24 bits per heavy atom. The third-order valence-electron chi connectivity index (χ3n) is 2.47. The van der Waals surface area contributed by atoms with Gasteiger partial charge in [-0.05, 0) is 13.0 Å². The van der Waals surface area contributed by atoms with Crippen molar-refractivity contribution >= 4 is 11.6 Å². The van der Waals surface area contributed by atoms with Gasteiger partial charge >= 0.3 is 0 Å². The van der Waals surface area contributed by atoms with Gasteiger partial charge in [0.15, 0.2) is 0 Å². The predicted molar refractivity (Wildman–Crippen MR) is 65.5 cm³/mol. The maximum Gasteiger partial charge on any atom is 0.241 e. The van der Waals surface area contributed by atoms with Crippen LogP contribution in [-0.4, -0.2) is 43.0 Å². The molecule has 1 aromatic rings. The fourth-order valence-corrected chi connectivity index (χ4v) is 1.40. The van der Waals surface area contributed by atoms with Crippen molar-refractivity contribution in [3.05, 3.63) is 24.0 Å². The van der Waals surface area contributed by atoms with Gasteiger partial charge < -0.3 is 9.80 Å². The summed E-state index contributed by atoms with van der Waals surface area (Å²) in [6, 6.07) is 3.76. The van der Waals surface area contributed by atoms with Crippen molar-refractivity contribution in [3.63, 3.8) is 0 Å². The molecule has 0 aliphatic heterocycles. The number of hydrogen-bond acceptors (Lipinski definition) is 4. The number of rotatable bonds is 4. The minimum atomic E-state index is -0.000377. The molecule has 0 saturated carbocycles. The molecular weight excluding hydrogens is 216 g/mol. The lowest BCUT2D eigenvalue weighted by atomic mass is 10.2. The van der Waals surface area contributed by atoms with Crippen molar-refractivity contribution in [2.45, 2.75) is 6.92 Å². The number of nitrogens with zero attached hydrogens (tertiary/aromatic N) is 4. The Morgan fingerprint density at radius 1 is 1.53 bits per heavy atom. The molecule has 0 radical (unpaired) electrons. The average Bonchev–Trinajstić information content (AvgIpc) is 2.35. The second-order valence-electron chi connectivity index (χ2n) is 3.81. The molecule has 1 rings (SSSR count). The Balaban J connectivity index is 2.95. The van der Waals surface area contributed by atoms with Gasteiger partial charge in [-0.2, -0.15) is 5.26 Å². The monoisotopic (exact) mass is 232 g/mol. The summed E-state index contributed by atoms with van der Waals surface area (Å²) in [5.41, 5.74) is 1.24. The number of amides is 1. The van der Waals surface area contributed by atoms with Crippen LogP contribution in [0.5, 0.6) is 0 Å². The van der Waals surface area contributed by atoms with Crippen LogP contribution in [0.15, 0.2) is 18.5 Å². The highest BCUT2D eigenvalue weighted by atomic mass is 16.2. The fraction of sp³-hybridized carbons (Fsp3) is 0.417. The molecule has 0 aromatic carbocycles. The Kier molecular flexibility index (Phi) is 4.46. The molecule has 1 aromatic heterocycles. The maximum absolute atomic E-state index is 11.7. The quantitative estimate of drug-likeness (QED) is 0.772. The van der Waals surface area contributed by atoms with Crippen LogP contribution in [-0.2, 0) is 4.79 Å². The Hall–Kier alpha value is -2.09. The summed E-state index contributed by atoms with van der Waals surface area (Å²) in [5.74, 6) is -0.000377. The lowest BCUT2D eigenvalue weighted by Crippen LogP contribution is -2.37. The predicted octanol–water partition coefficient (Wildman–Crippen LogP) is 0.868. The molecule has 5 heteroatoms. The van der Waals surface area contributed by atoms with Gasteiger partial charge in [-0.3, -0.25) is 9.78 Å². The van der Waals surface area contributed by atoms with Crippen molar-refractivity contribution in [3.8, 4) is 6.07 Å². The number of pyridine rings is 1. The number of aromatic nitrogens is 1. The standard InChI is InChI=1S/C12H16N4O/c1-4-16(9-12(17)15(2)3)11-8-14-6-5-10(11)7-13/h5-6,8H,4,9H2,1-3H3. The summed E-state index contributed by atoms with van der Waals surface area (Å²) in [4.78, 5) is 19.0. The number of likely N-dealkylation sites (N-methyl/N-ethyl adjacent to an activating group) is 2. The molecule has 0 fully saturated rings. The number of hydrogen-bond donors (Lipinski definition) is 0. The second-order valence-corrected chi connectivity index (χ2v) is 3.81. The molecule has 0 atom stereocenters. The highest BCUT2D eigenvalue weighted by molar-refractivity contribution is 5.81. The smallest absolute Gasteiger partial charge is 0.241 e. The van der Waals surface area contributed by atoms with Crippen LogP contribution in [0.2, 0.25) is 0 Å². The first kappa shape index (κ1) is 13.0. The van der Waals surface area contributed by atoms with E-state index in [4.69, 9.17) is 5.26 Å². The molecule has 0 unspecified atom stereocenters. The van der Waals surface area contributed by atoms with Crippen LogP contribution in [0.4, 0.5) is 5.69 Å². The van der Waals surface area contributed by atoms with Crippen LogP contribution < -0.4 is 4.90 Å². The second kappa shape index (κ2) is 5.85. The van der Waals surface area contributed by atoms with Gasteiger partial charge in [0.2, 0.25) is 5.91 Å². The van der Waals surface area contributed by atoms with E-state index in [1.54, 1.807) is 32.6 Å². The zero-order valence-corrected chi connectivity index (χ0v) is 10.3. The van der Waals surface area contributed by atoms with E-state index in [0.717, 1.165) is 0 Å². The highest BCUT2D eigenvalue weighted by Gasteiger charge is 2.14. The van der Waals surface area contributed by atoms with Gasteiger partial charge in [0.05, 0.1) is 24.0 Å². The first-order chi connectivity index (χ1) is 8.10. The largest absolute Gasteiger partial charge is 0.360 e. The van der Waals surface area contributed by atoms with E-state index in [1.807, 2.05) is 11.8 Å². The average molecular weight is 232 g/mol. The summed E-state index contributed by atoms with van der Waals surface area (Å²) < 4.78 is 0. The lowest BCUT2D eigenvalue weighted by molar-refractivity contribution is -0.127. The molecule has 17 heavy (non-hydrogen) atoms. The van der Waals surface area contributed by atoms with Crippen molar-refractivity contribution in [2.24, 2.45) is 0 Å². The molecule has 0 spiro atoms. The van der Waals surface area contributed by atoms with Crippen molar-refractivity contribution in [1.29, 1.82) is 5.26 Å². The molecule has 1 amide bonds. The maximum atomic E-state index is 11.7. The highest BCUT2D eigenvalue weighted by Crippen LogP contribution is 2.17. The summed E-state index contributed by atoms with van der Waals surface area (Å²) in [5, 5.41) is 9.01. The van der Waals surface area contributed by atoms with Crippen LogP contribution in [0, 0.1) is 11.3 Å². The van der Waals surface area contributed by atoms with Crippen molar-refractivity contribution < 1.29 is 4.79 Å². The molecular formula is C12H16N4O. The van der Waals surface area contributed by atoms with E-state index in [-0.39, 0.29) is 12.5 Å². The summed E-state index contributed by atoms with van der Waals surface area (Å²) in [7, 11) is 3.43. The van der Waals surface area contributed by atoms with Crippen LogP contribution in [0.25, 0.3) is 0 Å².